The number of fused-ring (bicyclic) bond motifs is 2. The molecule has 0 atom stereocenters. The Morgan fingerprint density at radius 2 is 1.00 bits per heavy atom. The lowest BCUT2D eigenvalue weighted by molar-refractivity contribution is 1.51. The number of anilines is 2. The summed E-state index contributed by atoms with van der Waals surface area (Å²) in [6, 6.07) is 24.8. The van der Waals surface area contributed by atoms with Crippen molar-refractivity contribution in [3.05, 3.63) is 72.8 Å². The normalized spacial score (nSPS) is 11.2. The van der Waals surface area contributed by atoms with Gasteiger partial charge in [0, 0.05) is 31.9 Å². The molecule has 0 fully saturated rings. The molecule has 2 nitrogen and oxygen atoms in total. The van der Waals surface area contributed by atoms with E-state index in [0.717, 1.165) is 22.1 Å². The van der Waals surface area contributed by atoms with E-state index < -0.39 is 0 Å². The summed E-state index contributed by atoms with van der Waals surface area (Å²) in [5, 5.41) is 4.56. The molecule has 0 aromatic heterocycles. The number of nitrogens with two attached hydrogens (primary N) is 2. The highest BCUT2D eigenvalue weighted by atomic mass is 33.1. The van der Waals surface area contributed by atoms with Gasteiger partial charge in [0.25, 0.3) is 0 Å². The molecular weight excluding hydrogens is 332 g/mol. The second-order valence-electron chi connectivity index (χ2n) is 5.63. The molecule has 0 aliphatic carbocycles. The van der Waals surface area contributed by atoms with Gasteiger partial charge in [0.1, 0.15) is 0 Å². The first kappa shape index (κ1) is 15.2. The highest BCUT2D eigenvalue weighted by Gasteiger charge is 2.03. The molecule has 0 aliphatic rings. The van der Waals surface area contributed by atoms with E-state index >= 15 is 0 Å². The van der Waals surface area contributed by atoms with E-state index in [1.807, 2.05) is 24.3 Å². The van der Waals surface area contributed by atoms with Gasteiger partial charge in [-0.1, -0.05) is 58.0 Å². The van der Waals surface area contributed by atoms with Gasteiger partial charge < -0.3 is 11.5 Å². The first-order valence-corrected chi connectivity index (χ1v) is 9.77. The van der Waals surface area contributed by atoms with Crippen LogP contribution in [0.2, 0.25) is 0 Å². The molecule has 24 heavy (non-hydrogen) atoms. The Balaban J connectivity index is 1.58. The van der Waals surface area contributed by atoms with E-state index in [1.165, 1.54) is 20.6 Å². The van der Waals surface area contributed by atoms with Crippen LogP contribution in [0.1, 0.15) is 0 Å². The highest BCUT2D eigenvalue weighted by Crippen LogP contribution is 2.40. The largest absolute Gasteiger partial charge is 0.398 e. The van der Waals surface area contributed by atoms with Gasteiger partial charge in [-0.3, -0.25) is 0 Å². The maximum Gasteiger partial charge on any atom is 0.0393 e. The summed E-state index contributed by atoms with van der Waals surface area (Å²) in [6.07, 6.45) is 0. The molecule has 0 amide bonds. The summed E-state index contributed by atoms with van der Waals surface area (Å²) in [6.45, 7) is 0. The molecule has 0 spiro atoms. The van der Waals surface area contributed by atoms with Gasteiger partial charge in [0.05, 0.1) is 0 Å². The minimum atomic E-state index is 0.823. The molecule has 0 saturated heterocycles. The van der Waals surface area contributed by atoms with Crippen molar-refractivity contribution in [2.45, 2.75) is 9.79 Å². The Morgan fingerprint density at radius 1 is 0.542 bits per heavy atom. The van der Waals surface area contributed by atoms with Crippen LogP contribution in [0, 0.1) is 0 Å². The zero-order chi connectivity index (χ0) is 16.5. The fourth-order valence-corrected chi connectivity index (χ4v) is 4.76. The number of benzene rings is 4. The third-order valence-corrected chi connectivity index (χ3v) is 6.39. The standard InChI is InChI=1S/C20H16N2S2/c21-19-5-1-3-13-11-15(7-9-17(13)19)23-24-16-8-10-18-14(12-16)4-2-6-20(18)22/h1-12H,21-22H2. The third-order valence-electron chi connectivity index (χ3n) is 4.01. The molecule has 0 radical (unpaired) electrons. The topological polar surface area (TPSA) is 52.0 Å². The summed E-state index contributed by atoms with van der Waals surface area (Å²) < 4.78 is 0. The fourth-order valence-electron chi connectivity index (χ4n) is 2.77. The Kier molecular flexibility index (Phi) is 4.00. The SMILES string of the molecule is Nc1cccc2cc(SSc3ccc4c(N)cccc4c3)ccc12. The van der Waals surface area contributed by atoms with Gasteiger partial charge >= 0.3 is 0 Å². The lowest BCUT2D eigenvalue weighted by Crippen LogP contribution is -1.86. The number of hydrogen-bond acceptors (Lipinski definition) is 4. The van der Waals surface area contributed by atoms with Crippen LogP contribution in [0.25, 0.3) is 21.5 Å². The van der Waals surface area contributed by atoms with Gasteiger partial charge in [-0.05, 0) is 47.2 Å². The quantitative estimate of drug-likeness (QED) is 0.354. The van der Waals surface area contributed by atoms with Crippen molar-refractivity contribution in [3.63, 3.8) is 0 Å². The van der Waals surface area contributed by atoms with Crippen LogP contribution in [0.5, 0.6) is 0 Å². The zero-order valence-corrected chi connectivity index (χ0v) is 14.5. The van der Waals surface area contributed by atoms with Crippen LogP contribution in [0.4, 0.5) is 11.4 Å². The molecular formula is C20H16N2S2. The lowest BCUT2D eigenvalue weighted by atomic mass is 10.1. The fraction of sp³-hybridized carbons (Fsp3) is 0. The third kappa shape index (κ3) is 2.90. The predicted octanol–water partition coefficient (Wildman–Crippen LogP) is 5.96. The van der Waals surface area contributed by atoms with Crippen molar-refractivity contribution < 1.29 is 0 Å². The monoisotopic (exact) mass is 348 g/mol. The molecule has 0 aliphatic heterocycles. The second kappa shape index (κ2) is 6.30. The maximum atomic E-state index is 6.01. The first-order valence-electron chi connectivity index (χ1n) is 7.62. The molecule has 0 bridgehead atoms. The zero-order valence-electron chi connectivity index (χ0n) is 12.9. The number of rotatable bonds is 3. The van der Waals surface area contributed by atoms with Crippen molar-refractivity contribution >= 4 is 54.5 Å². The van der Waals surface area contributed by atoms with E-state index in [0.29, 0.717) is 0 Å². The molecule has 4 aromatic rings. The molecule has 4 aromatic carbocycles. The van der Waals surface area contributed by atoms with Crippen LogP contribution < -0.4 is 11.5 Å². The van der Waals surface area contributed by atoms with E-state index in [2.05, 4.69) is 48.5 Å². The summed E-state index contributed by atoms with van der Waals surface area (Å²) in [4.78, 5) is 2.43. The molecule has 0 unspecified atom stereocenters. The molecule has 0 heterocycles. The number of nitrogen functional groups attached to an aromatic ring is 2. The predicted molar refractivity (Wildman–Crippen MR) is 108 cm³/mol. The minimum absolute atomic E-state index is 0.823. The Labute approximate surface area is 148 Å². The van der Waals surface area contributed by atoms with Gasteiger partial charge in [-0.2, -0.15) is 0 Å². The Morgan fingerprint density at radius 3 is 1.46 bits per heavy atom. The number of hydrogen-bond donors (Lipinski definition) is 2. The van der Waals surface area contributed by atoms with E-state index in [1.54, 1.807) is 21.6 Å². The van der Waals surface area contributed by atoms with Gasteiger partial charge in [0.15, 0.2) is 0 Å². The Hall–Kier alpha value is -2.30. The van der Waals surface area contributed by atoms with Crippen molar-refractivity contribution in [1.82, 2.24) is 0 Å². The average molecular weight is 348 g/mol. The molecule has 118 valence electrons. The molecule has 4 N–H and O–H groups in total. The molecule has 4 rings (SSSR count). The van der Waals surface area contributed by atoms with Crippen molar-refractivity contribution in [2.24, 2.45) is 0 Å². The lowest BCUT2D eigenvalue weighted by Gasteiger charge is -2.07. The van der Waals surface area contributed by atoms with E-state index in [9.17, 15) is 0 Å². The van der Waals surface area contributed by atoms with Crippen LogP contribution in [0.3, 0.4) is 0 Å². The smallest absolute Gasteiger partial charge is 0.0393 e. The van der Waals surface area contributed by atoms with Crippen LogP contribution in [-0.4, -0.2) is 0 Å². The van der Waals surface area contributed by atoms with Gasteiger partial charge in [0.2, 0.25) is 0 Å². The first-order chi connectivity index (χ1) is 11.7. The summed E-state index contributed by atoms with van der Waals surface area (Å²) in [5.74, 6) is 0. The summed E-state index contributed by atoms with van der Waals surface area (Å²) >= 11 is 0. The maximum absolute atomic E-state index is 6.01. The van der Waals surface area contributed by atoms with Crippen LogP contribution in [0.15, 0.2) is 82.6 Å². The Bertz CT molecular complexity index is 959. The minimum Gasteiger partial charge on any atom is -0.398 e. The van der Waals surface area contributed by atoms with Crippen molar-refractivity contribution in [3.8, 4) is 0 Å². The second-order valence-corrected chi connectivity index (χ2v) is 7.90. The van der Waals surface area contributed by atoms with Crippen LogP contribution >= 0.6 is 21.6 Å². The van der Waals surface area contributed by atoms with Crippen LogP contribution in [-0.2, 0) is 0 Å². The van der Waals surface area contributed by atoms with Crippen molar-refractivity contribution in [2.75, 3.05) is 11.5 Å². The van der Waals surface area contributed by atoms with E-state index in [4.69, 9.17) is 11.5 Å². The van der Waals surface area contributed by atoms with E-state index in [-0.39, 0.29) is 0 Å². The average Bonchev–Trinajstić information content (AvgIpc) is 2.60. The van der Waals surface area contributed by atoms with Crippen molar-refractivity contribution in [1.29, 1.82) is 0 Å². The van der Waals surface area contributed by atoms with Gasteiger partial charge in [-0.15, -0.1) is 0 Å². The van der Waals surface area contributed by atoms with Gasteiger partial charge in [-0.25, -0.2) is 0 Å². The summed E-state index contributed by atoms with van der Waals surface area (Å²) in [5.41, 5.74) is 13.7. The molecule has 0 saturated carbocycles. The molecule has 4 heteroatoms. The summed E-state index contributed by atoms with van der Waals surface area (Å²) in [7, 11) is 3.50. The highest BCUT2D eigenvalue weighted by molar-refractivity contribution is 8.76.